The van der Waals surface area contributed by atoms with Gasteiger partial charge in [-0.2, -0.15) is 0 Å². The van der Waals surface area contributed by atoms with Crippen LogP contribution in [0.4, 0.5) is 0 Å². The molecule has 2 aromatic rings. The molecule has 2 fully saturated rings. The molecule has 2 aliphatic heterocycles. The SMILES string of the molecule is CC1(C)S[C@H](C(NC(=O)C(N)c2ccccc2)C(=O)N[C@@H](C(=O)N[C@H](C(=O)O)[C@@H]2N[C@@H](C(=O)O)C(C)(C)S2)c2ccccc2)N[C@H]1C(=O)O. The monoisotopic (exact) mass is 716 g/mol. The number of thioether (sulfide) groups is 2. The van der Waals surface area contributed by atoms with Gasteiger partial charge < -0.3 is 37.0 Å². The van der Waals surface area contributed by atoms with Crippen LogP contribution in [-0.2, 0) is 28.8 Å². The topological polar surface area (TPSA) is 249 Å². The van der Waals surface area contributed by atoms with Crippen LogP contribution in [0.15, 0.2) is 60.7 Å². The molecule has 2 unspecified atom stereocenters. The summed E-state index contributed by atoms with van der Waals surface area (Å²) >= 11 is 2.15. The molecule has 0 saturated carbocycles. The molecule has 0 bridgehead atoms. The van der Waals surface area contributed by atoms with E-state index in [0.29, 0.717) is 5.56 Å². The number of nitrogens with two attached hydrogens (primary N) is 1. The maximum Gasteiger partial charge on any atom is 0.328 e. The van der Waals surface area contributed by atoms with E-state index >= 15 is 0 Å². The average Bonchev–Trinajstić information content (AvgIpc) is 3.55. The summed E-state index contributed by atoms with van der Waals surface area (Å²) in [6, 6.07) is 8.44. The van der Waals surface area contributed by atoms with Crippen LogP contribution >= 0.6 is 23.5 Å². The fourth-order valence-corrected chi connectivity index (χ4v) is 8.64. The number of carboxylic acid groups (broad SMARTS) is 3. The summed E-state index contributed by atoms with van der Waals surface area (Å²) in [6.07, 6.45) is 0. The van der Waals surface area contributed by atoms with Gasteiger partial charge in [-0.15, -0.1) is 23.5 Å². The molecule has 2 aliphatic rings. The highest BCUT2D eigenvalue weighted by Crippen LogP contribution is 2.40. The lowest BCUT2D eigenvalue weighted by Crippen LogP contribution is -2.60. The number of carbonyl (C=O) groups is 6. The molecule has 0 radical (unpaired) electrons. The van der Waals surface area contributed by atoms with Crippen molar-refractivity contribution in [2.45, 2.75) is 84.2 Å². The number of benzene rings is 2. The van der Waals surface area contributed by atoms with E-state index in [1.807, 2.05) is 0 Å². The fourth-order valence-electron chi connectivity index (χ4n) is 5.67. The summed E-state index contributed by atoms with van der Waals surface area (Å²) in [4.78, 5) is 77.7. The third-order valence-electron chi connectivity index (χ3n) is 8.28. The number of carboxylic acids is 3. The third-order valence-corrected chi connectivity index (χ3v) is 11.3. The minimum absolute atomic E-state index is 0.273. The highest BCUT2D eigenvalue weighted by Gasteiger charge is 2.51. The zero-order chi connectivity index (χ0) is 36.3. The van der Waals surface area contributed by atoms with Crippen molar-refractivity contribution >= 4 is 59.2 Å². The van der Waals surface area contributed by atoms with Crippen LogP contribution in [0.1, 0.15) is 50.9 Å². The van der Waals surface area contributed by atoms with E-state index < -0.39 is 92.1 Å². The molecule has 4 rings (SSSR count). The Bertz CT molecular complexity index is 1580. The Morgan fingerprint density at radius 3 is 1.51 bits per heavy atom. The number of hydrogen-bond donors (Lipinski definition) is 9. The van der Waals surface area contributed by atoms with Gasteiger partial charge in [-0.25, -0.2) is 4.79 Å². The average molecular weight is 717 g/mol. The zero-order valence-electron chi connectivity index (χ0n) is 27.1. The largest absolute Gasteiger partial charge is 0.480 e. The summed E-state index contributed by atoms with van der Waals surface area (Å²) in [5.41, 5.74) is 6.95. The van der Waals surface area contributed by atoms with Crippen molar-refractivity contribution in [1.29, 1.82) is 0 Å². The van der Waals surface area contributed by atoms with Crippen molar-refractivity contribution in [3.63, 3.8) is 0 Å². The van der Waals surface area contributed by atoms with Gasteiger partial charge in [0, 0.05) is 9.49 Å². The second kappa shape index (κ2) is 15.2. The van der Waals surface area contributed by atoms with Gasteiger partial charge in [-0.05, 0) is 38.8 Å². The summed E-state index contributed by atoms with van der Waals surface area (Å²) in [5, 5.41) is 40.9. The second-order valence-electron chi connectivity index (χ2n) is 12.7. The predicted octanol–water partition coefficient (Wildman–Crippen LogP) is 0.387. The predicted molar refractivity (Wildman–Crippen MR) is 182 cm³/mol. The molecule has 49 heavy (non-hydrogen) atoms. The maximum absolute atomic E-state index is 14.1. The molecule has 3 amide bonds. The number of rotatable bonds is 13. The lowest BCUT2D eigenvalue weighted by molar-refractivity contribution is -0.143. The van der Waals surface area contributed by atoms with Crippen LogP contribution in [0.5, 0.6) is 0 Å². The van der Waals surface area contributed by atoms with Crippen LogP contribution < -0.4 is 32.3 Å². The highest BCUT2D eigenvalue weighted by molar-refractivity contribution is 8.01. The van der Waals surface area contributed by atoms with Crippen LogP contribution in [0.3, 0.4) is 0 Å². The second-order valence-corrected chi connectivity index (χ2v) is 16.3. The van der Waals surface area contributed by atoms with E-state index in [0.717, 1.165) is 23.5 Å². The molecule has 2 heterocycles. The van der Waals surface area contributed by atoms with Gasteiger partial charge in [0.05, 0.1) is 10.7 Å². The number of hydrogen-bond acceptors (Lipinski definition) is 11. The van der Waals surface area contributed by atoms with Crippen molar-refractivity contribution in [3.05, 3.63) is 71.8 Å². The molecule has 0 aromatic heterocycles. The zero-order valence-corrected chi connectivity index (χ0v) is 28.7. The van der Waals surface area contributed by atoms with E-state index in [-0.39, 0.29) is 5.56 Å². The van der Waals surface area contributed by atoms with Crippen molar-refractivity contribution in [3.8, 4) is 0 Å². The van der Waals surface area contributed by atoms with Crippen molar-refractivity contribution in [2.75, 3.05) is 0 Å². The standard InChI is InChI=1S/C32H40N6O9S2/c1-31(2)21(29(44)45)37-26(48-31)19(35-23(39)17(33)15-11-7-5-8-12-15)25(41)34-18(16-13-9-6-10-14-16)24(40)36-20(28(42)43)27-38-22(30(46)47)32(3,4)49-27/h5-14,17-22,26-27,37-38H,33H2,1-4H3,(H,34,41)(H,35,39)(H,36,40)(H,42,43)(H,44,45)(H,46,47)/t17?,18-,19?,20+,21+,22+,26-,27-/m1/s1. The normalized spacial score (nSPS) is 24.8. The third kappa shape index (κ3) is 8.72. The quantitative estimate of drug-likeness (QED) is 0.136. The minimum Gasteiger partial charge on any atom is -0.480 e. The number of aliphatic carboxylic acids is 3. The molecular formula is C32H40N6O9S2. The van der Waals surface area contributed by atoms with Crippen molar-refractivity contribution in [2.24, 2.45) is 5.73 Å². The van der Waals surface area contributed by atoms with Gasteiger partial charge in [0.15, 0.2) is 6.04 Å². The van der Waals surface area contributed by atoms with Crippen LogP contribution in [0.2, 0.25) is 0 Å². The van der Waals surface area contributed by atoms with Gasteiger partial charge in [0.1, 0.15) is 30.2 Å². The fraction of sp³-hybridized carbons (Fsp3) is 0.438. The summed E-state index contributed by atoms with van der Waals surface area (Å²) in [6.45, 7) is 6.63. The van der Waals surface area contributed by atoms with Crippen molar-refractivity contribution < 1.29 is 44.1 Å². The molecule has 264 valence electrons. The highest BCUT2D eigenvalue weighted by atomic mass is 32.2. The first kappa shape index (κ1) is 37.7. The Labute approximate surface area is 290 Å². The first-order valence-corrected chi connectivity index (χ1v) is 17.0. The van der Waals surface area contributed by atoms with E-state index in [4.69, 9.17) is 5.73 Å². The van der Waals surface area contributed by atoms with Gasteiger partial charge in [0.2, 0.25) is 17.7 Å². The van der Waals surface area contributed by atoms with Crippen LogP contribution in [0, 0.1) is 0 Å². The van der Waals surface area contributed by atoms with E-state index in [9.17, 15) is 44.1 Å². The van der Waals surface area contributed by atoms with E-state index in [1.54, 1.807) is 76.2 Å². The Hall–Kier alpha value is -4.16. The van der Waals surface area contributed by atoms with Gasteiger partial charge in [-0.3, -0.25) is 34.6 Å². The molecule has 0 aliphatic carbocycles. The molecule has 15 nitrogen and oxygen atoms in total. The Balaban J connectivity index is 1.64. The minimum atomic E-state index is -1.60. The Morgan fingerprint density at radius 2 is 1.08 bits per heavy atom. The van der Waals surface area contributed by atoms with Gasteiger partial charge in [-0.1, -0.05) is 60.7 Å². The summed E-state index contributed by atoms with van der Waals surface area (Å²) in [5.74, 6) is -6.33. The molecule has 0 spiro atoms. The summed E-state index contributed by atoms with van der Waals surface area (Å²) < 4.78 is -1.83. The maximum atomic E-state index is 14.1. The van der Waals surface area contributed by atoms with Crippen molar-refractivity contribution in [1.82, 2.24) is 26.6 Å². The molecule has 8 atom stereocenters. The van der Waals surface area contributed by atoms with Gasteiger partial charge in [0.25, 0.3) is 0 Å². The molecule has 17 heteroatoms. The first-order valence-electron chi connectivity index (χ1n) is 15.3. The van der Waals surface area contributed by atoms with E-state index in [1.165, 1.54) is 12.1 Å². The number of amides is 3. The first-order chi connectivity index (χ1) is 22.9. The van der Waals surface area contributed by atoms with E-state index in [2.05, 4.69) is 26.6 Å². The number of nitrogens with one attached hydrogen (secondary N) is 5. The Kier molecular flexibility index (Phi) is 11.7. The molecule has 2 aromatic carbocycles. The van der Waals surface area contributed by atoms with Crippen LogP contribution in [0.25, 0.3) is 0 Å². The van der Waals surface area contributed by atoms with Crippen LogP contribution in [-0.4, -0.2) is 95.4 Å². The number of carbonyl (C=O) groups excluding carboxylic acids is 3. The molecular weight excluding hydrogens is 677 g/mol. The molecule has 2 saturated heterocycles. The smallest absolute Gasteiger partial charge is 0.328 e. The Morgan fingerprint density at radius 1 is 0.653 bits per heavy atom. The molecule has 10 N–H and O–H groups in total. The van der Waals surface area contributed by atoms with Gasteiger partial charge >= 0.3 is 17.9 Å². The lowest BCUT2D eigenvalue weighted by Gasteiger charge is -2.29. The lowest BCUT2D eigenvalue weighted by atomic mass is 10.0. The summed E-state index contributed by atoms with van der Waals surface area (Å²) in [7, 11) is 0.